The third-order valence-corrected chi connectivity index (χ3v) is 6.35. The number of carboxylic acids is 1. The maximum Gasteiger partial charge on any atom is 0.311 e. The van der Waals surface area contributed by atoms with E-state index in [9.17, 15) is 9.90 Å². The van der Waals surface area contributed by atoms with Gasteiger partial charge >= 0.3 is 5.97 Å². The second-order valence-electron chi connectivity index (χ2n) is 7.29. The Morgan fingerprint density at radius 2 is 2.00 bits per heavy atom. The third kappa shape index (κ3) is 1.29. The maximum atomic E-state index is 11.3. The van der Waals surface area contributed by atoms with Crippen molar-refractivity contribution >= 4 is 5.97 Å². The molecule has 4 aliphatic rings. The highest BCUT2D eigenvalue weighted by Gasteiger charge is 2.67. The number of hydrogen-bond acceptors (Lipinski definition) is 4. The van der Waals surface area contributed by atoms with Crippen molar-refractivity contribution in [1.29, 1.82) is 0 Å². The zero-order valence-corrected chi connectivity index (χ0v) is 11.3. The van der Waals surface area contributed by atoms with Gasteiger partial charge in [0.05, 0.1) is 12.0 Å². The van der Waals surface area contributed by atoms with E-state index >= 15 is 0 Å². The molecular weight excluding hydrogens is 256 g/mol. The number of hydrogen-bond donors (Lipinski definition) is 1. The SMILES string of the molecule is O=C(O)C1(Cn2nnnc2C2C3C4CCC(C4)C23)CC1. The number of fused-ring (bicyclic) bond motifs is 5. The summed E-state index contributed by atoms with van der Waals surface area (Å²) in [4.78, 5) is 11.3. The molecule has 6 heteroatoms. The average Bonchev–Trinajstić information content (AvgIpc) is 3.21. The molecule has 4 unspecified atom stereocenters. The third-order valence-electron chi connectivity index (χ3n) is 6.35. The van der Waals surface area contributed by atoms with Gasteiger partial charge in [0.25, 0.3) is 0 Å². The van der Waals surface area contributed by atoms with Gasteiger partial charge in [-0.25, -0.2) is 4.68 Å². The normalized spacial score (nSPS) is 42.5. The second kappa shape index (κ2) is 3.40. The van der Waals surface area contributed by atoms with Crippen molar-refractivity contribution in [2.45, 2.75) is 44.6 Å². The Morgan fingerprint density at radius 3 is 2.60 bits per heavy atom. The van der Waals surface area contributed by atoms with E-state index in [0.29, 0.717) is 12.5 Å². The van der Waals surface area contributed by atoms with Crippen LogP contribution in [-0.4, -0.2) is 31.3 Å². The Hall–Kier alpha value is -1.46. The van der Waals surface area contributed by atoms with Crippen molar-refractivity contribution in [3.63, 3.8) is 0 Å². The molecule has 0 aliphatic heterocycles. The molecule has 6 nitrogen and oxygen atoms in total. The van der Waals surface area contributed by atoms with E-state index in [-0.39, 0.29) is 0 Å². The zero-order valence-electron chi connectivity index (χ0n) is 11.3. The lowest BCUT2D eigenvalue weighted by atomic mass is 10.0. The van der Waals surface area contributed by atoms with Gasteiger partial charge in [0.2, 0.25) is 0 Å². The molecule has 0 amide bonds. The Morgan fingerprint density at radius 1 is 1.30 bits per heavy atom. The quantitative estimate of drug-likeness (QED) is 0.895. The Labute approximate surface area is 116 Å². The summed E-state index contributed by atoms with van der Waals surface area (Å²) in [5, 5.41) is 21.5. The van der Waals surface area contributed by atoms with E-state index in [1.54, 1.807) is 4.68 Å². The zero-order chi connectivity index (χ0) is 13.5. The monoisotopic (exact) mass is 274 g/mol. The van der Waals surface area contributed by atoms with E-state index in [0.717, 1.165) is 42.3 Å². The van der Waals surface area contributed by atoms with Gasteiger partial charge in [-0.15, -0.1) is 5.10 Å². The number of carbonyl (C=O) groups is 1. The van der Waals surface area contributed by atoms with Crippen molar-refractivity contribution in [3.05, 3.63) is 5.82 Å². The predicted octanol–water partition coefficient (Wildman–Crippen LogP) is 1.30. The lowest BCUT2D eigenvalue weighted by Crippen LogP contribution is -2.23. The van der Waals surface area contributed by atoms with E-state index < -0.39 is 11.4 Å². The van der Waals surface area contributed by atoms with E-state index in [1.807, 2.05) is 0 Å². The first-order valence-corrected chi connectivity index (χ1v) is 7.69. The van der Waals surface area contributed by atoms with Crippen molar-refractivity contribution < 1.29 is 9.90 Å². The van der Waals surface area contributed by atoms with Gasteiger partial charge in [-0.1, -0.05) is 0 Å². The number of tetrazole rings is 1. The van der Waals surface area contributed by atoms with Crippen LogP contribution in [0.4, 0.5) is 0 Å². The molecule has 0 radical (unpaired) electrons. The Bertz CT molecular complexity index is 578. The summed E-state index contributed by atoms with van der Waals surface area (Å²) < 4.78 is 1.80. The van der Waals surface area contributed by atoms with Crippen molar-refractivity contribution in [2.75, 3.05) is 0 Å². The lowest BCUT2D eigenvalue weighted by Gasteiger charge is -2.12. The first-order valence-electron chi connectivity index (χ1n) is 7.69. The number of nitrogens with zero attached hydrogens (tertiary/aromatic N) is 4. The van der Waals surface area contributed by atoms with Gasteiger partial charge in [-0.2, -0.15) is 0 Å². The highest BCUT2D eigenvalue weighted by atomic mass is 16.4. The van der Waals surface area contributed by atoms with E-state index in [2.05, 4.69) is 15.5 Å². The number of rotatable bonds is 4. The fourth-order valence-corrected chi connectivity index (χ4v) is 5.11. The molecule has 1 heterocycles. The van der Waals surface area contributed by atoms with Gasteiger partial charge < -0.3 is 5.11 Å². The summed E-state index contributed by atoms with van der Waals surface area (Å²) in [7, 11) is 0. The van der Waals surface area contributed by atoms with Crippen LogP contribution in [0.25, 0.3) is 0 Å². The van der Waals surface area contributed by atoms with Crippen LogP contribution in [0.1, 0.15) is 43.8 Å². The van der Waals surface area contributed by atoms with Gasteiger partial charge in [0.1, 0.15) is 0 Å². The molecule has 106 valence electrons. The maximum absolute atomic E-state index is 11.3. The topological polar surface area (TPSA) is 80.9 Å². The van der Waals surface area contributed by atoms with Crippen LogP contribution in [0, 0.1) is 29.1 Å². The molecule has 4 saturated carbocycles. The highest BCUT2D eigenvalue weighted by molar-refractivity contribution is 5.77. The molecule has 0 aromatic carbocycles. The molecule has 0 saturated heterocycles. The standard InChI is InChI=1S/C14H18N4O2/c19-13(20)14(3-4-14)6-18-12(15-16-17-18)11-9-7-1-2-8(5-7)10(9)11/h7-11H,1-6H2,(H,19,20). The van der Waals surface area contributed by atoms with Gasteiger partial charge in [-0.3, -0.25) is 4.79 Å². The number of carboxylic acid groups (broad SMARTS) is 1. The molecule has 1 aromatic heterocycles. The van der Waals surface area contributed by atoms with Crippen LogP contribution in [-0.2, 0) is 11.3 Å². The van der Waals surface area contributed by atoms with Crippen LogP contribution in [0.3, 0.4) is 0 Å². The molecule has 20 heavy (non-hydrogen) atoms. The van der Waals surface area contributed by atoms with E-state index in [1.165, 1.54) is 19.3 Å². The summed E-state index contributed by atoms with van der Waals surface area (Å²) in [6.45, 7) is 0.454. The summed E-state index contributed by atoms with van der Waals surface area (Å²) in [6.07, 6.45) is 5.67. The lowest BCUT2D eigenvalue weighted by molar-refractivity contribution is -0.144. The minimum absolute atomic E-state index is 0.454. The number of aromatic nitrogens is 4. The Kier molecular flexibility index (Phi) is 1.91. The molecule has 5 rings (SSSR count). The Balaban J connectivity index is 1.41. The first kappa shape index (κ1) is 11.2. The van der Waals surface area contributed by atoms with Gasteiger partial charge in [0.15, 0.2) is 5.82 Å². The summed E-state index contributed by atoms with van der Waals surface area (Å²) in [5.74, 6) is 4.13. The minimum Gasteiger partial charge on any atom is -0.481 e. The molecular formula is C14H18N4O2. The van der Waals surface area contributed by atoms with Crippen molar-refractivity contribution in [2.24, 2.45) is 29.1 Å². The molecule has 0 spiro atoms. The highest BCUT2D eigenvalue weighted by Crippen LogP contribution is 2.72. The molecule has 4 fully saturated rings. The fraction of sp³-hybridized carbons (Fsp3) is 0.857. The largest absolute Gasteiger partial charge is 0.481 e. The fourth-order valence-electron chi connectivity index (χ4n) is 5.11. The van der Waals surface area contributed by atoms with Gasteiger partial charge in [0, 0.05) is 5.92 Å². The summed E-state index contributed by atoms with van der Waals surface area (Å²) >= 11 is 0. The van der Waals surface area contributed by atoms with Crippen LogP contribution >= 0.6 is 0 Å². The molecule has 4 atom stereocenters. The molecule has 4 aliphatic carbocycles. The van der Waals surface area contributed by atoms with Crippen LogP contribution < -0.4 is 0 Å². The molecule has 2 bridgehead atoms. The van der Waals surface area contributed by atoms with Crippen molar-refractivity contribution in [1.82, 2.24) is 20.2 Å². The predicted molar refractivity (Wildman–Crippen MR) is 67.7 cm³/mol. The average molecular weight is 274 g/mol. The number of aliphatic carboxylic acids is 1. The minimum atomic E-state index is -0.699. The molecule has 1 aromatic rings. The van der Waals surface area contributed by atoms with E-state index in [4.69, 9.17) is 0 Å². The second-order valence-corrected chi connectivity index (χ2v) is 7.29. The summed E-state index contributed by atoms with van der Waals surface area (Å²) in [5.41, 5.74) is -0.590. The van der Waals surface area contributed by atoms with Crippen LogP contribution in [0.2, 0.25) is 0 Å². The molecule has 1 N–H and O–H groups in total. The first-order chi connectivity index (χ1) is 9.70. The summed E-state index contributed by atoms with van der Waals surface area (Å²) in [6, 6.07) is 0. The van der Waals surface area contributed by atoms with Crippen LogP contribution in [0.5, 0.6) is 0 Å². The van der Waals surface area contributed by atoms with Gasteiger partial charge in [-0.05, 0) is 66.2 Å². The van der Waals surface area contributed by atoms with Crippen LogP contribution in [0.15, 0.2) is 0 Å². The van der Waals surface area contributed by atoms with Crippen molar-refractivity contribution in [3.8, 4) is 0 Å². The smallest absolute Gasteiger partial charge is 0.311 e.